The maximum Gasteiger partial charge on any atom is 0.255 e. The normalized spacial score (nSPS) is 17.5. The number of rotatable bonds is 8. The minimum Gasteiger partial charge on any atom is -0.354 e. The van der Waals surface area contributed by atoms with Gasteiger partial charge in [0.1, 0.15) is 6.04 Å². The lowest BCUT2D eigenvalue weighted by Gasteiger charge is -2.30. The molecule has 1 unspecified atom stereocenters. The third-order valence-electron chi connectivity index (χ3n) is 5.15. The van der Waals surface area contributed by atoms with Crippen molar-refractivity contribution in [2.75, 3.05) is 6.54 Å². The Bertz CT molecular complexity index is 759. The Balaban J connectivity index is 2.31. The van der Waals surface area contributed by atoms with Crippen molar-refractivity contribution in [2.24, 2.45) is 5.92 Å². The molecule has 0 saturated carbocycles. The molecular formula is C24H32N2O2. The molecule has 0 spiro atoms. The Hall–Kier alpha value is -2.62. The van der Waals surface area contributed by atoms with Crippen LogP contribution in [0.3, 0.4) is 0 Å². The summed E-state index contributed by atoms with van der Waals surface area (Å²) in [6, 6.07) is 7.55. The molecule has 1 aromatic rings. The SMILES string of the molecule is C=CC1=C(C=C)C(=O)N(Cc2ccc(C)cc2)C(C(=O)NCCC(C)C)CC1. The number of nitrogens with zero attached hydrogens (tertiary/aromatic N) is 1. The first-order valence-corrected chi connectivity index (χ1v) is 9.99. The number of carbonyl (C=O) groups is 2. The summed E-state index contributed by atoms with van der Waals surface area (Å²) in [7, 11) is 0. The standard InChI is InChI=1S/C24H32N2O2/c1-6-20-12-13-22(23(27)25-15-14-17(3)4)26(24(28)21(20)7-2)16-19-10-8-18(5)9-11-19/h6-11,17,22H,1-2,12-16H2,3-5H3,(H,25,27). The second-order valence-corrected chi connectivity index (χ2v) is 7.79. The number of nitrogens with one attached hydrogen (secondary N) is 1. The molecule has 1 aliphatic heterocycles. The van der Waals surface area contributed by atoms with Crippen molar-refractivity contribution in [1.82, 2.24) is 10.2 Å². The van der Waals surface area contributed by atoms with Crippen LogP contribution in [0.25, 0.3) is 0 Å². The molecule has 0 aliphatic carbocycles. The molecule has 1 aliphatic rings. The van der Waals surface area contributed by atoms with Gasteiger partial charge >= 0.3 is 0 Å². The van der Waals surface area contributed by atoms with Gasteiger partial charge in [0.15, 0.2) is 0 Å². The molecule has 0 fully saturated rings. The van der Waals surface area contributed by atoms with Crippen molar-refractivity contribution in [1.29, 1.82) is 0 Å². The van der Waals surface area contributed by atoms with Gasteiger partial charge in [-0.1, -0.05) is 69.0 Å². The van der Waals surface area contributed by atoms with Crippen LogP contribution in [0.4, 0.5) is 0 Å². The fourth-order valence-electron chi connectivity index (χ4n) is 3.39. The molecule has 4 nitrogen and oxygen atoms in total. The summed E-state index contributed by atoms with van der Waals surface area (Å²) in [5.74, 6) is 0.267. The van der Waals surface area contributed by atoms with Gasteiger partial charge in [-0.25, -0.2) is 0 Å². The van der Waals surface area contributed by atoms with Crippen molar-refractivity contribution in [3.05, 3.63) is 71.8 Å². The lowest BCUT2D eigenvalue weighted by atomic mass is 10.0. The quantitative estimate of drug-likeness (QED) is 0.730. The van der Waals surface area contributed by atoms with Gasteiger partial charge < -0.3 is 10.2 Å². The fraction of sp³-hybridized carbons (Fsp3) is 0.417. The number of amides is 2. The second kappa shape index (κ2) is 10.1. The molecule has 4 heteroatoms. The lowest BCUT2D eigenvalue weighted by Crippen LogP contribution is -2.49. The summed E-state index contributed by atoms with van der Waals surface area (Å²) in [6.45, 7) is 14.9. The lowest BCUT2D eigenvalue weighted by molar-refractivity contribution is -0.138. The largest absolute Gasteiger partial charge is 0.354 e. The molecule has 1 atom stereocenters. The van der Waals surface area contributed by atoms with Crippen molar-refractivity contribution in [2.45, 2.75) is 52.6 Å². The summed E-state index contributed by atoms with van der Waals surface area (Å²) in [6.07, 6.45) is 5.41. The van der Waals surface area contributed by atoms with Crippen LogP contribution in [-0.2, 0) is 16.1 Å². The van der Waals surface area contributed by atoms with Gasteiger partial charge in [-0.05, 0) is 43.2 Å². The Morgan fingerprint density at radius 3 is 2.50 bits per heavy atom. The Kier molecular flexibility index (Phi) is 7.80. The van der Waals surface area contributed by atoms with E-state index in [0.717, 1.165) is 23.1 Å². The van der Waals surface area contributed by atoms with Crippen LogP contribution in [0.5, 0.6) is 0 Å². The minimum absolute atomic E-state index is 0.0881. The van der Waals surface area contributed by atoms with Gasteiger partial charge in [0.05, 0.1) is 0 Å². The zero-order valence-corrected chi connectivity index (χ0v) is 17.3. The smallest absolute Gasteiger partial charge is 0.255 e. The maximum atomic E-state index is 13.3. The van der Waals surface area contributed by atoms with Gasteiger partial charge in [0.2, 0.25) is 5.91 Å². The molecule has 0 bridgehead atoms. The highest BCUT2D eigenvalue weighted by Gasteiger charge is 2.34. The van der Waals surface area contributed by atoms with Crippen molar-refractivity contribution >= 4 is 11.8 Å². The monoisotopic (exact) mass is 380 g/mol. The predicted molar refractivity (Wildman–Crippen MR) is 115 cm³/mol. The van der Waals surface area contributed by atoms with Crippen molar-refractivity contribution in [3.8, 4) is 0 Å². The highest BCUT2D eigenvalue weighted by Crippen LogP contribution is 2.26. The number of hydrogen-bond donors (Lipinski definition) is 1. The number of carbonyl (C=O) groups excluding carboxylic acids is 2. The zero-order chi connectivity index (χ0) is 20.7. The number of allylic oxidation sites excluding steroid dienone is 2. The highest BCUT2D eigenvalue weighted by atomic mass is 16.2. The van der Waals surface area contributed by atoms with Crippen LogP contribution in [0.2, 0.25) is 0 Å². The van der Waals surface area contributed by atoms with E-state index in [-0.39, 0.29) is 11.8 Å². The molecule has 2 amide bonds. The van der Waals surface area contributed by atoms with E-state index in [1.807, 2.05) is 31.2 Å². The number of benzene rings is 1. The highest BCUT2D eigenvalue weighted by molar-refractivity contribution is 6.00. The third-order valence-corrected chi connectivity index (χ3v) is 5.15. The van der Waals surface area contributed by atoms with E-state index in [1.54, 1.807) is 17.1 Å². The molecule has 150 valence electrons. The van der Waals surface area contributed by atoms with Crippen LogP contribution >= 0.6 is 0 Å². The first kappa shape index (κ1) is 21.7. The molecule has 0 saturated heterocycles. The molecule has 28 heavy (non-hydrogen) atoms. The molecular weight excluding hydrogens is 348 g/mol. The van der Waals surface area contributed by atoms with Gasteiger partial charge in [-0.15, -0.1) is 0 Å². The maximum absolute atomic E-state index is 13.3. The van der Waals surface area contributed by atoms with Crippen LogP contribution in [0, 0.1) is 12.8 Å². The average molecular weight is 381 g/mol. The van der Waals surface area contributed by atoms with Crippen LogP contribution in [-0.4, -0.2) is 29.3 Å². The average Bonchev–Trinajstić information content (AvgIpc) is 2.79. The molecule has 0 radical (unpaired) electrons. The fourth-order valence-corrected chi connectivity index (χ4v) is 3.39. The van der Waals surface area contributed by atoms with E-state index in [9.17, 15) is 9.59 Å². The summed E-state index contributed by atoms with van der Waals surface area (Å²) in [4.78, 5) is 27.9. The predicted octanol–water partition coefficient (Wildman–Crippen LogP) is 4.32. The van der Waals surface area contributed by atoms with E-state index < -0.39 is 6.04 Å². The van der Waals surface area contributed by atoms with Crippen molar-refractivity contribution < 1.29 is 9.59 Å². The first-order chi connectivity index (χ1) is 13.4. The summed E-state index contributed by atoms with van der Waals surface area (Å²) in [5, 5.41) is 3.02. The van der Waals surface area contributed by atoms with Crippen LogP contribution < -0.4 is 5.32 Å². The topological polar surface area (TPSA) is 49.4 Å². The van der Waals surface area contributed by atoms with Crippen LogP contribution in [0.15, 0.2) is 60.7 Å². The molecule has 0 aromatic heterocycles. The molecule has 1 aromatic carbocycles. The third kappa shape index (κ3) is 5.44. The Morgan fingerprint density at radius 2 is 1.93 bits per heavy atom. The van der Waals surface area contributed by atoms with E-state index in [2.05, 4.69) is 32.3 Å². The molecule has 1 heterocycles. The first-order valence-electron chi connectivity index (χ1n) is 9.99. The summed E-state index contributed by atoms with van der Waals surface area (Å²) >= 11 is 0. The second-order valence-electron chi connectivity index (χ2n) is 7.79. The van der Waals surface area contributed by atoms with Crippen LogP contribution in [0.1, 0.15) is 44.2 Å². The van der Waals surface area contributed by atoms with Gasteiger partial charge in [0, 0.05) is 18.7 Å². The Morgan fingerprint density at radius 1 is 1.25 bits per heavy atom. The van der Waals surface area contributed by atoms with E-state index in [1.165, 1.54) is 0 Å². The van der Waals surface area contributed by atoms with E-state index >= 15 is 0 Å². The zero-order valence-electron chi connectivity index (χ0n) is 17.3. The van der Waals surface area contributed by atoms with E-state index in [0.29, 0.717) is 37.4 Å². The van der Waals surface area contributed by atoms with Gasteiger partial charge in [0.25, 0.3) is 5.91 Å². The van der Waals surface area contributed by atoms with Crippen molar-refractivity contribution in [3.63, 3.8) is 0 Å². The molecule has 2 rings (SSSR count). The number of hydrogen-bond acceptors (Lipinski definition) is 2. The molecule has 1 N–H and O–H groups in total. The summed E-state index contributed by atoms with van der Waals surface area (Å²) < 4.78 is 0. The minimum atomic E-state index is -0.506. The Labute approximate surface area is 169 Å². The van der Waals surface area contributed by atoms with Gasteiger partial charge in [-0.3, -0.25) is 9.59 Å². The van der Waals surface area contributed by atoms with E-state index in [4.69, 9.17) is 0 Å². The van der Waals surface area contributed by atoms with Gasteiger partial charge in [-0.2, -0.15) is 0 Å². The number of aryl methyl sites for hydroxylation is 1. The summed E-state index contributed by atoms with van der Waals surface area (Å²) in [5.41, 5.74) is 3.56.